The maximum absolute atomic E-state index is 6.33. The molecule has 12 aromatic rings. The molecule has 5 heteroatoms. The maximum atomic E-state index is 6.33. The number of nitrogens with zero attached hydrogens (tertiary/aromatic N) is 2. The molecule has 0 saturated carbocycles. The van der Waals surface area contributed by atoms with Crippen molar-refractivity contribution in [1.29, 1.82) is 0 Å². The monoisotopic (exact) mass is 730 g/mol. The molecule has 0 fully saturated rings. The molecule has 5 aromatic heterocycles. The van der Waals surface area contributed by atoms with Gasteiger partial charge >= 0.3 is 0 Å². The molecule has 266 valence electrons. The fourth-order valence-electron chi connectivity index (χ4n) is 8.33. The predicted octanol–water partition coefficient (Wildman–Crippen LogP) is 14.5. The Kier molecular flexibility index (Phi) is 6.86. The van der Waals surface area contributed by atoms with Gasteiger partial charge in [-0.3, -0.25) is 9.97 Å². The second-order valence-corrected chi connectivity index (χ2v) is 14.6. The van der Waals surface area contributed by atoms with E-state index < -0.39 is 0 Å². The Bertz CT molecular complexity index is 3550. The number of fused-ring (bicyclic) bond motifs is 9. The van der Waals surface area contributed by atoms with Crippen LogP contribution in [0.15, 0.2) is 196 Å². The van der Waals surface area contributed by atoms with Crippen LogP contribution in [0.25, 0.3) is 122 Å². The van der Waals surface area contributed by atoms with Gasteiger partial charge < -0.3 is 13.3 Å². The van der Waals surface area contributed by atoms with Crippen molar-refractivity contribution in [1.82, 2.24) is 9.97 Å². The number of benzene rings is 7. The number of aromatic nitrogens is 2. The Morgan fingerprint density at radius 3 is 0.912 bits per heavy atom. The average molecular weight is 731 g/mol. The SMILES string of the molecule is c1cc(-c2cccc(-c3ccc4oc5ccc(-c6ccc7oc8cccnc8c7c6)cc5c4c3)c2)cc(-c2cccc(-c3ccc4oc5cccnc5c4c3)c2)c1. The average Bonchev–Trinajstić information content (AvgIpc) is 3.96. The van der Waals surface area contributed by atoms with E-state index in [4.69, 9.17) is 13.3 Å². The molecule has 0 aliphatic carbocycles. The van der Waals surface area contributed by atoms with Gasteiger partial charge in [-0.05, 0) is 147 Å². The van der Waals surface area contributed by atoms with Crippen LogP contribution >= 0.6 is 0 Å². The zero-order chi connectivity index (χ0) is 37.5. The minimum absolute atomic E-state index is 0.795. The van der Waals surface area contributed by atoms with Gasteiger partial charge in [0.15, 0.2) is 11.2 Å². The summed E-state index contributed by atoms with van der Waals surface area (Å²) < 4.78 is 18.4. The van der Waals surface area contributed by atoms with Crippen molar-refractivity contribution in [3.63, 3.8) is 0 Å². The summed E-state index contributed by atoms with van der Waals surface area (Å²) in [6, 6.07) is 59.6. The molecule has 57 heavy (non-hydrogen) atoms. The van der Waals surface area contributed by atoms with E-state index in [1.165, 1.54) is 0 Å². The molecule has 12 rings (SSSR count). The summed E-state index contributed by atoms with van der Waals surface area (Å²) in [5.74, 6) is 0. The van der Waals surface area contributed by atoms with Crippen LogP contribution in [-0.4, -0.2) is 9.97 Å². The van der Waals surface area contributed by atoms with Crippen molar-refractivity contribution >= 4 is 66.1 Å². The van der Waals surface area contributed by atoms with Crippen molar-refractivity contribution < 1.29 is 13.3 Å². The van der Waals surface area contributed by atoms with Crippen molar-refractivity contribution in [3.8, 4) is 55.6 Å². The Hall–Kier alpha value is -7.76. The van der Waals surface area contributed by atoms with E-state index >= 15 is 0 Å². The Morgan fingerprint density at radius 2 is 0.544 bits per heavy atom. The lowest BCUT2D eigenvalue weighted by Crippen LogP contribution is -1.85. The normalized spacial score (nSPS) is 11.9. The summed E-state index contributed by atoms with van der Waals surface area (Å²) in [6.45, 7) is 0. The van der Waals surface area contributed by atoms with Crippen molar-refractivity contribution in [3.05, 3.63) is 182 Å². The highest BCUT2D eigenvalue weighted by atomic mass is 16.3. The smallest absolute Gasteiger partial charge is 0.153 e. The van der Waals surface area contributed by atoms with Gasteiger partial charge in [-0.25, -0.2) is 0 Å². The number of pyridine rings is 2. The number of hydrogen-bond acceptors (Lipinski definition) is 5. The van der Waals surface area contributed by atoms with Crippen LogP contribution in [0.5, 0.6) is 0 Å². The molecule has 0 amide bonds. The van der Waals surface area contributed by atoms with E-state index in [0.717, 1.165) is 122 Å². The van der Waals surface area contributed by atoms with Crippen LogP contribution in [0.2, 0.25) is 0 Å². The molecular formula is C52H30N2O3. The second kappa shape index (κ2) is 12.4. The number of furan rings is 3. The van der Waals surface area contributed by atoms with E-state index in [9.17, 15) is 0 Å². The molecule has 0 saturated heterocycles. The maximum Gasteiger partial charge on any atom is 0.153 e. The first-order valence-corrected chi connectivity index (χ1v) is 19.0. The van der Waals surface area contributed by atoms with E-state index in [-0.39, 0.29) is 0 Å². The third-order valence-corrected chi connectivity index (χ3v) is 11.2. The highest BCUT2D eigenvalue weighted by molar-refractivity contribution is 6.09. The fourth-order valence-corrected chi connectivity index (χ4v) is 8.33. The molecule has 0 atom stereocenters. The van der Waals surface area contributed by atoms with Crippen LogP contribution < -0.4 is 0 Å². The lowest BCUT2D eigenvalue weighted by molar-refractivity contribution is 0.668. The molecule has 5 heterocycles. The summed E-state index contributed by atoms with van der Waals surface area (Å²) in [5.41, 5.74) is 18.2. The third-order valence-electron chi connectivity index (χ3n) is 11.2. The van der Waals surface area contributed by atoms with Crippen LogP contribution in [0, 0.1) is 0 Å². The molecule has 0 aliphatic rings. The Morgan fingerprint density at radius 1 is 0.246 bits per heavy atom. The largest absolute Gasteiger partial charge is 0.456 e. The quantitative estimate of drug-likeness (QED) is 0.176. The molecular weight excluding hydrogens is 701 g/mol. The van der Waals surface area contributed by atoms with Gasteiger partial charge in [0.2, 0.25) is 0 Å². The summed E-state index contributed by atoms with van der Waals surface area (Å²) in [7, 11) is 0. The first-order chi connectivity index (χ1) is 28.2. The minimum atomic E-state index is 0.795. The van der Waals surface area contributed by atoms with Crippen LogP contribution in [0.3, 0.4) is 0 Å². The second-order valence-electron chi connectivity index (χ2n) is 14.6. The zero-order valence-corrected chi connectivity index (χ0v) is 30.4. The summed E-state index contributed by atoms with van der Waals surface area (Å²) >= 11 is 0. The highest BCUT2D eigenvalue weighted by Crippen LogP contribution is 2.39. The summed E-state index contributed by atoms with van der Waals surface area (Å²) in [4.78, 5) is 9.16. The number of hydrogen-bond donors (Lipinski definition) is 0. The van der Waals surface area contributed by atoms with Crippen LogP contribution in [0.1, 0.15) is 0 Å². The van der Waals surface area contributed by atoms with Gasteiger partial charge in [-0.15, -0.1) is 0 Å². The lowest BCUT2D eigenvalue weighted by Gasteiger charge is -2.10. The first kappa shape index (κ1) is 31.6. The van der Waals surface area contributed by atoms with E-state index in [0.29, 0.717) is 0 Å². The Balaban J connectivity index is 0.875. The predicted molar refractivity (Wildman–Crippen MR) is 231 cm³/mol. The molecule has 0 aliphatic heterocycles. The van der Waals surface area contributed by atoms with Gasteiger partial charge in [-0.1, -0.05) is 78.9 Å². The first-order valence-electron chi connectivity index (χ1n) is 19.0. The lowest BCUT2D eigenvalue weighted by atomic mass is 9.94. The third kappa shape index (κ3) is 5.24. The zero-order valence-electron chi connectivity index (χ0n) is 30.4. The summed E-state index contributed by atoms with van der Waals surface area (Å²) in [6.07, 6.45) is 3.62. The van der Waals surface area contributed by atoms with E-state index in [2.05, 4.69) is 143 Å². The van der Waals surface area contributed by atoms with Gasteiger partial charge in [0.1, 0.15) is 33.4 Å². The summed E-state index contributed by atoms with van der Waals surface area (Å²) in [5, 5.41) is 4.21. The van der Waals surface area contributed by atoms with Crippen molar-refractivity contribution in [2.24, 2.45) is 0 Å². The molecule has 0 unspecified atom stereocenters. The van der Waals surface area contributed by atoms with Gasteiger partial charge in [0, 0.05) is 33.9 Å². The van der Waals surface area contributed by atoms with Crippen molar-refractivity contribution in [2.75, 3.05) is 0 Å². The van der Waals surface area contributed by atoms with Crippen molar-refractivity contribution in [2.45, 2.75) is 0 Å². The molecule has 0 N–H and O–H groups in total. The van der Waals surface area contributed by atoms with Gasteiger partial charge in [-0.2, -0.15) is 0 Å². The topological polar surface area (TPSA) is 65.2 Å². The molecule has 0 bridgehead atoms. The Labute approximate surface area is 326 Å². The molecule has 0 spiro atoms. The standard InChI is InChI=1S/C52H30N2O3/c1-6-31(24-32(7-1)34-9-3-11-36(26-34)39-16-20-47-43(29-39)51-49(56-47)12-4-22-53-51)33-8-2-10-35(25-33)37-14-18-45-41(27-37)42-28-38(15-19-46(42)55-45)40-17-21-48-44(30-40)52-50(57-48)13-5-23-54-52/h1-30H. The minimum Gasteiger partial charge on any atom is -0.456 e. The van der Waals surface area contributed by atoms with Crippen LogP contribution in [-0.2, 0) is 0 Å². The highest BCUT2D eigenvalue weighted by Gasteiger charge is 2.14. The van der Waals surface area contributed by atoms with E-state index in [1.54, 1.807) is 0 Å². The molecule has 5 nitrogen and oxygen atoms in total. The number of rotatable bonds is 5. The fraction of sp³-hybridized carbons (Fsp3) is 0. The van der Waals surface area contributed by atoms with Gasteiger partial charge in [0.05, 0.1) is 0 Å². The molecule has 0 radical (unpaired) electrons. The van der Waals surface area contributed by atoms with Gasteiger partial charge in [0.25, 0.3) is 0 Å². The van der Waals surface area contributed by atoms with Crippen LogP contribution in [0.4, 0.5) is 0 Å². The van der Waals surface area contributed by atoms with E-state index in [1.807, 2.05) is 48.8 Å². The molecule has 7 aromatic carbocycles.